The van der Waals surface area contributed by atoms with Crippen LogP contribution < -0.4 is 0 Å². The smallest absolute Gasteiger partial charge is 0.185 e. The van der Waals surface area contributed by atoms with E-state index in [1.54, 1.807) is 23.5 Å². The molecule has 0 saturated carbocycles. The molecule has 5 heteroatoms. The lowest BCUT2D eigenvalue weighted by Crippen LogP contribution is -2.28. The summed E-state index contributed by atoms with van der Waals surface area (Å²) in [5, 5.41) is 2.00. The van der Waals surface area contributed by atoms with E-state index < -0.39 is 8.32 Å². The van der Waals surface area contributed by atoms with E-state index >= 15 is 0 Å². The molecular weight excluding hydrogens is 343 g/mol. The minimum absolute atomic E-state index is 0.213. The van der Waals surface area contributed by atoms with E-state index in [0.717, 1.165) is 9.35 Å². The number of hydrogen-bond acceptors (Lipinski definition) is 2. The van der Waals surface area contributed by atoms with Gasteiger partial charge < -0.3 is 4.43 Å². The topological polar surface area (TPSA) is 9.23 Å². The minimum atomic E-state index is -1.77. The van der Waals surface area contributed by atoms with Crippen molar-refractivity contribution in [2.75, 3.05) is 0 Å². The van der Waals surface area contributed by atoms with E-state index in [1.807, 2.05) is 17.5 Å². The summed E-state index contributed by atoms with van der Waals surface area (Å²) in [6.07, 6.45) is -0.316. The Hall–Kier alpha value is -0.493. The highest BCUT2D eigenvalue weighted by atomic mass is 79.9. The molecule has 2 rings (SSSR count). The van der Waals surface area contributed by atoms with Gasteiger partial charge in [0.1, 0.15) is 11.9 Å². The molecule has 0 aliphatic heterocycles. The van der Waals surface area contributed by atoms with Gasteiger partial charge in [-0.05, 0) is 47.7 Å². The van der Waals surface area contributed by atoms with E-state index in [0.29, 0.717) is 5.56 Å². The van der Waals surface area contributed by atoms with Gasteiger partial charge in [-0.2, -0.15) is 0 Å². The molecule has 0 spiro atoms. The molecule has 1 aromatic carbocycles. The zero-order valence-corrected chi connectivity index (χ0v) is 14.5. The van der Waals surface area contributed by atoms with Gasteiger partial charge in [-0.1, -0.05) is 18.2 Å². The van der Waals surface area contributed by atoms with Gasteiger partial charge in [-0.25, -0.2) is 4.39 Å². The van der Waals surface area contributed by atoms with Crippen LogP contribution in [0.1, 0.15) is 16.5 Å². The van der Waals surface area contributed by atoms with E-state index in [1.165, 1.54) is 6.07 Å². The second kappa shape index (κ2) is 5.87. The summed E-state index contributed by atoms with van der Waals surface area (Å²) in [5.74, 6) is -0.213. The fourth-order valence-electron chi connectivity index (χ4n) is 1.78. The molecule has 1 heterocycles. The van der Waals surface area contributed by atoms with Gasteiger partial charge in [-0.3, -0.25) is 0 Å². The van der Waals surface area contributed by atoms with Crippen molar-refractivity contribution in [3.63, 3.8) is 0 Å². The van der Waals surface area contributed by atoms with Crippen molar-refractivity contribution < 1.29 is 8.82 Å². The molecule has 0 aliphatic carbocycles. The van der Waals surface area contributed by atoms with Gasteiger partial charge in [0.25, 0.3) is 0 Å². The summed E-state index contributed by atoms with van der Waals surface area (Å²) in [6, 6.07) is 8.84. The van der Waals surface area contributed by atoms with Crippen LogP contribution in [0.5, 0.6) is 0 Å². The zero-order chi connectivity index (χ0) is 14.0. The number of benzene rings is 1. The van der Waals surface area contributed by atoms with Crippen LogP contribution in [-0.2, 0) is 4.43 Å². The van der Waals surface area contributed by atoms with Crippen LogP contribution in [0.3, 0.4) is 0 Å². The minimum Gasteiger partial charge on any atom is -0.406 e. The largest absolute Gasteiger partial charge is 0.406 e. The van der Waals surface area contributed by atoms with Crippen molar-refractivity contribution in [2.45, 2.75) is 25.7 Å². The lowest BCUT2D eigenvalue weighted by molar-refractivity contribution is 0.238. The van der Waals surface area contributed by atoms with Crippen molar-refractivity contribution in [2.24, 2.45) is 0 Å². The van der Waals surface area contributed by atoms with Gasteiger partial charge in [-0.15, -0.1) is 11.3 Å². The SMILES string of the molecule is C[Si](C)(C)OC(c1cc(Br)cs1)c1ccccc1F. The Bertz CT molecular complexity index is 565. The maximum absolute atomic E-state index is 14.0. The first-order valence-electron chi connectivity index (χ1n) is 6.03. The Kier molecular flexibility index (Phi) is 4.61. The number of thiophene rings is 1. The third-order valence-electron chi connectivity index (χ3n) is 2.51. The lowest BCUT2D eigenvalue weighted by Gasteiger charge is -2.26. The van der Waals surface area contributed by atoms with Crippen LogP contribution in [0.4, 0.5) is 4.39 Å². The molecule has 0 fully saturated rings. The van der Waals surface area contributed by atoms with E-state index in [-0.39, 0.29) is 11.9 Å². The van der Waals surface area contributed by atoms with E-state index in [4.69, 9.17) is 4.43 Å². The molecule has 102 valence electrons. The molecule has 2 aromatic rings. The number of rotatable bonds is 4. The van der Waals surface area contributed by atoms with Crippen molar-refractivity contribution in [1.82, 2.24) is 0 Å². The zero-order valence-electron chi connectivity index (χ0n) is 11.1. The first kappa shape index (κ1) is 14.9. The Morgan fingerprint density at radius 3 is 2.47 bits per heavy atom. The second-order valence-corrected chi connectivity index (χ2v) is 11.6. The second-order valence-electron chi connectivity index (χ2n) is 5.30. The first-order valence-corrected chi connectivity index (χ1v) is 11.1. The van der Waals surface area contributed by atoms with Crippen molar-refractivity contribution in [1.29, 1.82) is 0 Å². The van der Waals surface area contributed by atoms with Gasteiger partial charge in [0.2, 0.25) is 0 Å². The summed E-state index contributed by atoms with van der Waals surface area (Å²) in [6.45, 7) is 6.34. The predicted molar refractivity (Wildman–Crippen MR) is 84.7 cm³/mol. The van der Waals surface area contributed by atoms with Crippen molar-refractivity contribution in [3.8, 4) is 0 Å². The van der Waals surface area contributed by atoms with Gasteiger partial charge >= 0.3 is 0 Å². The van der Waals surface area contributed by atoms with Crippen LogP contribution >= 0.6 is 27.3 Å². The van der Waals surface area contributed by atoms with Crippen LogP contribution in [-0.4, -0.2) is 8.32 Å². The summed E-state index contributed by atoms with van der Waals surface area (Å²) in [7, 11) is -1.77. The van der Waals surface area contributed by atoms with Gasteiger partial charge in [0, 0.05) is 20.3 Å². The van der Waals surface area contributed by atoms with Crippen molar-refractivity contribution >= 4 is 35.6 Å². The predicted octanol–water partition coefficient (Wildman–Crippen LogP) is 5.59. The summed E-state index contributed by atoms with van der Waals surface area (Å²) < 4.78 is 21.2. The maximum atomic E-state index is 14.0. The highest BCUT2D eigenvalue weighted by molar-refractivity contribution is 9.10. The highest BCUT2D eigenvalue weighted by Crippen LogP contribution is 2.35. The average molecular weight is 359 g/mol. The molecule has 1 unspecified atom stereocenters. The molecule has 1 atom stereocenters. The Morgan fingerprint density at radius 1 is 1.26 bits per heavy atom. The van der Waals surface area contributed by atoms with Gasteiger partial charge in [0.15, 0.2) is 8.32 Å². The third kappa shape index (κ3) is 3.98. The van der Waals surface area contributed by atoms with E-state index in [2.05, 4.69) is 35.6 Å². The molecule has 19 heavy (non-hydrogen) atoms. The Balaban J connectivity index is 2.43. The fraction of sp³-hybridized carbons (Fsp3) is 0.286. The van der Waals surface area contributed by atoms with Gasteiger partial charge in [0.05, 0.1) is 0 Å². The molecule has 0 bridgehead atoms. The number of halogens is 2. The van der Waals surface area contributed by atoms with Crippen LogP contribution in [0, 0.1) is 5.82 Å². The Morgan fingerprint density at radius 2 is 1.95 bits per heavy atom. The van der Waals surface area contributed by atoms with Crippen LogP contribution in [0.2, 0.25) is 19.6 Å². The first-order chi connectivity index (χ1) is 8.87. The summed E-state index contributed by atoms with van der Waals surface area (Å²) in [5.41, 5.74) is 0.610. The lowest BCUT2D eigenvalue weighted by atomic mass is 10.1. The maximum Gasteiger partial charge on any atom is 0.185 e. The molecule has 0 saturated heterocycles. The molecule has 0 N–H and O–H groups in total. The molecular formula is C14H16BrFOSSi. The quantitative estimate of drug-likeness (QED) is 0.647. The fourth-order valence-corrected chi connectivity index (χ4v) is 4.32. The summed E-state index contributed by atoms with van der Waals surface area (Å²) in [4.78, 5) is 1.03. The van der Waals surface area contributed by atoms with Crippen LogP contribution in [0.25, 0.3) is 0 Å². The average Bonchev–Trinajstić information content (AvgIpc) is 2.72. The summed E-state index contributed by atoms with van der Waals surface area (Å²) >= 11 is 5.03. The molecule has 0 radical (unpaired) electrons. The number of hydrogen-bond donors (Lipinski definition) is 0. The molecule has 1 nitrogen and oxygen atoms in total. The van der Waals surface area contributed by atoms with E-state index in [9.17, 15) is 4.39 Å². The molecule has 0 amide bonds. The molecule has 1 aromatic heterocycles. The molecule has 0 aliphatic rings. The van der Waals surface area contributed by atoms with Crippen molar-refractivity contribution in [3.05, 3.63) is 56.4 Å². The normalized spacial score (nSPS) is 13.5. The third-order valence-corrected chi connectivity index (χ3v) is 5.18. The monoisotopic (exact) mass is 358 g/mol. The van der Waals surface area contributed by atoms with Crippen LogP contribution in [0.15, 0.2) is 40.2 Å². The highest BCUT2D eigenvalue weighted by Gasteiger charge is 2.26. The standard InChI is InChI=1S/C14H16BrFOSSi/c1-19(2,3)17-14(13-8-10(15)9-18-13)11-6-4-5-7-12(11)16/h4-9,14H,1-3H3. The Labute approximate surface area is 126 Å².